The SMILES string of the molecule is CN(C)c1cc(C(F)(F)F)nc(NC2CCN(CCS(C)(=O)=O)CC2)n1. The normalized spacial score (nSPS) is 17.3. The molecule has 7 nitrogen and oxygen atoms in total. The molecule has 0 amide bonds. The molecule has 1 N–H and O–H groups in total. The third-order valence-corrected chi connectivity index (χ3v) is 5.08. The first-order chi connectivity index (χ1) is 11.9. The van der Waals surface area contributed by atoms with E-state index in [1.54, 1.807) is 14.1 Å². The van der Waals surface area contributed by atoms with Crippen molar-refractivity contribution < 1.29 is 21.6 Å². The van der Waals surface area contributed by atoms with Crippen LogP contribution in [0.4, 0.5) is 24.9 Å². The van der Waals surface area contributed by atoms with Gasteiger partial charge in [0.1, 0.15) is 15.7 Å². The van der Waals surface area contributed by atoms with Crippen LogP contribution in [0.1, 0.15) is 18.5 Å². The molecule has 11 heteroatoms. The van der Waals surface area contributed by atoms with Crippen LogP contribution in [0.25, 0.3) is 0 Å². The molecule has 148 valence electrons. The number of likely N-dealkylation sites (tertiary alicyclic amines) is 1. The quantitative estimate of drug-likeness (QED) is 0.782. The van der Waals surface area contributed by atoms with Crippen LogP contribution in [-0.2, 0) is 16.0 Å². The third-order valence-electron chi connectivity index (χ3n) is 4.16. The molecule has 0 unspecified atom stereocenters. The Morgan fingerprint density at radius 1 is 1.27 bits per heavy atom. The standard InChI is InChI=1S/C15H24F3N5O2S/c1-22(2)13-10-12(15(16,17)18)20-14(21-13)19-11-4-6-23(7-5-11)8-9-26(3,24)25/h10-11H,4-9H2,1-3H3,(H,19,20,21). The Morgan fingerprint density at radius 3 is 2.38 bits per heavy atom. The van der Waals surface area contributed by atoms with Gasteiger partial charge in [0.15, 0.2) is 5.69 Å². The summed E-state index contributed by atoms with van der Waals surface area (Å²) >= 11 is 0. The molecule has 0 bridgehead atoms. The predicted octanol–water partition coefficient (Wildman–Crippen LogP) is 1.48. The summed E-state index contributed by atoms with van der Waals surface area (Å²) in [6, 6.07) is 0.863. The Bertz CT molecular complexity index is 716. The van der Waals surface area contributed by atoms with E-state index >= 15 is 0 Å². The zero-order valence-electron chi connectivity index (χ0n) is 15.0. The maximum Gasteiger partial charge on any atom is 0.433 e. The number of aromatic nitrogens is 2. The summed E-state index contributed by atoms with van der Waals surface area (Å²) in [5.74, 6) is 0.243. The highest BCUT2D eigenvalue weighted by atomic mass is 32.2. The molecule has 26 heavy (non-hydrogen) atoms. The molecule has 1 saturated heterocycles. The van der Waals surface area contributed by atoms with E-state index in [-0.39, 0.29) is 23.6 Å². The van der Waals surface area contributed by atoms with E-state index in [1.807, 2.05) is 4.90 Å². The summed E-state index contributed by atoms with van der Waals surface area (Å²) in [5, 5.41) is 2.99. The number of hydrogen-bond donors (Lipinski definition) is 1. The lowest BCUT2D eigenvalue weighted by atomic mass is 10.1. The fourth-order valence-corrected chi connectivity index (χ4v) is 3.24. The molecular weight excluding hydrogens is 371 g/mol. The van der Waals surface area contributed by atoms with Gasteiger partial charge in [-0.1, -0.05) is 0 Å². The highest BCUT2D eigenvalue weighted by molar-refractivity contribution is 7.90. The number of nitrogens with zero attached hydrogens (tertiary/aromatic N) is 4. The number of alkyl halides is 3. The number of nitrogens with one attached hydrogen (secondary N) is 1. The van der Waals surface area contributed by atoms with Gasteiger partial charge in [-0.25, -0.2) is 13.4 Å². The Balaban J connectivity index is 2.00. The summed E-state index contributed by atoms with van der Waals surface area (Å²) in [7, 11) is 0.229. The maximum absolute atomic E-state index is 13.0. The number of halogens is 3. The zero-order chi connectivity index (χ0) is 19.5. The van der Waals surface area contributed by atoms with E-state index in [0.717, 1.165) is 6.07 Å². The minimum Gasteiger partial charge on any atom is -0.363 e. The largest absolute Gasteiger partial charge is 0.433 e. The molecule has 0 radical (unpaired) electrons. The van der Waals surface area contributed by atoms with Crippen LogP contribution in [0.15, 0.2) is 6.07 Å². The molecule has 2 heterocycles. The summed E-state index contributed by atoms with van der Waals surface area (Å²) in [5.41, 5.74) is -0.982. The number of hydrogen-bond acceptors (Lipinski definition) is 7. The number of anilines is 2. The van der Waals surface area contributed by atoms with E-state index in [9.17, 15) is 21.6 Å². The average molecular weight is 395 g/mol. The van der Waals surface area contributed by atoms with E-state index in [1.165, 1.54) is 11.2 Å². The van der Waals surface area contributed by atoms with Crippen LogP contribution in [0.3, 0.4) is 0 Å². The monoisotopic (exact) mass is 395 g/mol. The maximum atomic E-state index is 13.0. The Morgan fingerprint density at radius 2 is 1.88 bits per heavy atom. The van der Waals surface area contributed by atoms with Crippen molar-refractivity contribution in [3.05, 3.63) is 11.8 Å². The van der Waals surface area contributed by atoms with Crippen LogP contribution >= 0.6 is 0 Å². The molecule has 2 rings (SSSR count). The number of piperidine rings is 1. The van der Waals surface area contributed by atoms with Gasteiger partial charge in [0.25, 0.3) is 0 Å². The van der Waals surface area contributed by atoms with Crippen LogP contribution in [0, 0.1) is 0 Å². The number of rotatable bonds is 6. The predicted molar refractivity (Wildman–Crippen MR) is 94.2 cm³/mol. The van der Waals surface area contributed by atoms with Crippen LogP contribution < -0.4 is 10.2 Å². The molecule has 0 saturated carbocycles. The van der Waals surface area contributed by atoms with Crippen molar-refractivity contribution in [2.75, 3.05) is 56.0 Å². The van der Waals surface area contributed by atoms with E-state index < -0.39 is 21.7 Å². The van der Waals surface area contributed by atoms with Gasteiger partial charge in [0.05, 0.1) is 5.75 Å². The topological polar surface area (TPSA) is 78.4 Å². The molecule has 0 atom stereocenters. The van der Waals surface area contributed by atoms with Crippen molar-refractivity contribution in [3.63, 3.8) is 0 Å². The van der Waals surface area contributed by atoms with Gasteiger partial charge in [-0.05, 0) is 12.8 Å². The Kier molecular flexibility index (Phi) is 6.33. The summed E-state index contributed by atoms with van der Waals surface area (Å²) < 4.78 is 61.5. The van der Waals surface area contributed by atoms with Crippen LogP contribution in [-0.4, -0.2) is 75.1 Å². The lowest BCUT2D eigenvalue weighted by Gasteiger charge is -2.32. The summed E-state index contributed by atoms with van der Waals surface area (Å²) in [6.07, 6.45) is -1.98. The smallest absolute Gasteiger partial charge is 0.363 e. The van der Waals surface area contributed by atoms with Gasteiger partial charge < -0.3 is 15.1 Å². The molecule has 0 aromatic carbocycles. The number of sulfone groups is 1. The Hall–Kier alpha value is -1.62. The van der Waals surface area contributed by atoms with Crippen LogP contribution in [0.2, 0.25) is 0 Å². The third kappa shape index (κ3) is 6.27. The van der Waals surface area contributed by atoms with Gasteiger partial charge in [-0.2, -0.15) is 18.2 Å². The second-order valence-electron chi connectivity index (χ2n) is 6.72. The van der Waals surface area contributed by atoms with Crippen LogP contribution in [0.5, 0.6) is 0 Å². The van der Waals surface area contributed by atoms with Crippen molar-refractivity contribution in [2.45, 2.75) is 25.1 Å². The first-order valence-electron chi connectivity index (χ1n) is 8.24. The van der Waals surface area contributed by atoms with Crippen molar-refractivity contribution in [1.82, 2.24) is 14.9 Å². The molecule has 0 spiro atoms. The molecule has 0 aliphatic carbocycles. The molecule has 1 aliphatic rings. The highest BCUT2D eigenvalue weighted by Crippen LogP contribution is 2.30. The van der Waals surface area contributed by atoms with Gasteiger partial charge in [-0.3, -0.25) is 0 Å². The minimum atomic E-state index is -4.54. The lowest BCUT2D eigenvalue weighted by Crippen LogP contribution is -2.41. The Labute approximate surface area is 151 Å². The second-order valence-corrected chi connectivity index (χ2v) is 8.98. The lowest BCUT2D eigenvalue weighted by molar-refractivity contribution is -0.141. The van der Waals surface area contributed by atoms with Gasteiger partial charge in [0.2, 0.25) is 5.95 Å². The first kappa shape index (κ1) is 20.7. The molecule has 1 fully saturated rings. The molecule has 1 aliphatic heterocycles. The van der Waals surface area contributed by atoms with E-state index in [2.05, 4.69) is 15.3 Å². The van der Waals surface area contributed by atoms with Crippen molar-refractivity contribution in [2.24, 2.45) is 0 Å². The van der Waals surface area contributed by atoms with Gasteiger partial charge >= 0.3 is 6.18 Å². The van der Waals surface area contributed by atoms with Crippen molar-refractivity contribution >= 4 is 21.6 Å². The first-order valence-corrected chi connectivity index (χ1v) is 10.3. The minimum absolute atomic E-state index is 0.0434. The summed E-state index contributed by atoms with van der Waals surface area (Å²) in [4.78, 5) is 11.3. The zero-order valence-corrected chi connectivity index (χ0v) is 15.9. The van der Waals surface area contributed by atoms with Gasteiger partial charge in [-0.15, -0.1) is 0 Å². The second kappa shape index (κ2) is 7.95. The van der Waals surface area contributed by atoms with Gasteiger partial charge in [0, 0.05) is 52.1 Å². The fraction of sp³-hybridized carbons (Fsp3) is 0.733. The fourth-order valence-electron chi connectivity index (χ4n) is 2.65. The van der Waals surface area contributed by atoms with E-state index in [0.29, 0.717) is 32.5 Å². The summed E-state index contributed by atoms with van der Waals surface area (Å²) in [6.45, 7) is 1.82. The van der Waals surface area contributed by atoms with Crippen molar-refractivity contribution in [3.8, 4) is 0 Å². The molecule has 1 aromatic heterocycles. The van der Waals surface area contributed by atoms with E-state index in [4.69, 9.17) is 0 Å². The molecule has 1 aromatic rings. The average Bonchev–Trinajstić information content (AvgIpc) is 2.52. The highest BCUT2D eigenvalue weighted by Gasteiger charge is 2.34. The van der Waals surface area contributed by atoms with Crippen molar-refractivity contribution in [1.29, 1.82) is 0 Å². The molecular formula is C15H24F3N5O2S.